The van der Waals surface area contributed by atoms with Crippen molar-refractivity contribution in [3.8, 4) is 0 Å². The Kier molecular flexibility index (Phi) is 167. The van der Waals surface area contributed by atoms with Crippen LogP contribution < -0.4 is 0 Å². The van der Waals surface area contributed by atoms with E-state index in [1.807, 2.05) is 0 Å². The second-order valence-corrected chi connectivity index (χ2v) is 0. The van der Waals surface area contributed by atoms with Gasteiger partial charge in [0, 0.05) is 0 Å². The van der Waals surface area contributed by atoms with E-state index in [0.29, 0.717) is 0 Å². The van der Waals surface area contributed by atoms with Crippen LogP contribution in [-0.2, 0) is 39.0 Å². The van der Waals surface area contributed by atoms with Gasteiger partial charge in [0.15, 0.2) is 0 Å². The molecule has 0 unspecified atom stereocenters. The second kappa shape index (κ2) is 19.1. The molecule has 0 heterocycles. The Hall–Kier alpha value is 2.17. The largest absolute Gasteiger partial charge is 3.00 e. The van der Waals surface area contributed by atoms with Gasteiger partial charge in [-0.3, -0.25) is 0 Å². The fourth-order valence-electron chi connectivity index (χ4n) is 0. The van der Waals surface area contributed by atoms with Crippen LogP contribution in [0.1, 0.15) is 0 Å². The molecule has 0 aromatic carbocycles. The topological polar surface area (TPSA) is 28.5 Å². The summed E-state index contributed by atoms with van der Waals surface area (Å²) in [6, 6.07) is 0. The molecule has 4 heavy (non-hydrogen) atoms. The van der Waals surface area contributed by atoms with Gasteiger partial charge >= 0.3 is 69.2 Å². The SMILES string of the molecule is [La+3].[Mn+2].[Ni+2].[O-2]. The second-order valence-electron chi connectivity index (χ2n) is 0. The molecule has 0 aliphatic heterocycles. The summed E-state index contributed by atoms with van der Waals surface area (Å²) < 4.78 is 0. The maximum absolute atomic E-state index is 0. The van der Waals surface area contributed by atoms with Gasteiger partial charge in [0.25, 0.3) is 0 Å². The Morgan fingerprint density at radius 3 is 1.00 bits per heavy atom. The molecule has 0 fully saturated rings. The first kappa shape index (κ1) is 35.1. The first-order valence-corrected chi connectivity index (χ1v) is 0. The van der Waals surface area contributed by atoms with Gasteiger partial charge in [-0.1, -0.05) is 0 Å². The molecule has 0 bridgehead atoms. The minimum Gasteiger partial charge on any atom is -2.00 e. The van der Waals surface area contributed by atoms with Gasteiger partial charge in [-0.2, -0.15) is 0 Å². The van der Waals surface area contributed by atoms with Crippen LogP contribution in [0.2, 0.25) is 0 Å². The summed E-state index contributed by atoms with van der Waals surface area (Å²) >= 11 is 0. The molecule has 0 rings (SSSR count). The molecular formula is LaMnNiO+5. The first-order valence-electron chi connectivity index (χ1n) is 0. The summed E-state index contributed by atoms with van der Waals surface area (Å²) in [5.74, 6) is 0. The third kappa shape index (κ3) is 8.90. The van der Waals surface area contributed by atoms with E-state index in [4.69, 9.17) is 0 Å². The molecule has 1 nitrogen and oxygen atoms in total. The van der Waals surface area contributed by atoms with Gasteiger partial charge in [-0.25, -0.2) is 0 Å². The zero-order valence-electron chi connectivity index (χ0n) is 1.68. The van der Waals surface area contributed by atoms with Gasteiger partial charge < -0.3 is 5.48 Å². The van der Waals surface area contributed by atoms with Crippen LogP contribution in [0, 0.1) is 35.6 Å². The fraction of sp³-hybridized carbons (Fsp3) is 0. The average Bonchev–Trinajstić information content (AvgIpc) is 0. The summed E-state index contributed by atoms with van der Waals surface area (Å²) in [4.78, 5) is 0. The first-order chi connectivity index (χ1) is 0. The van der Waals surface area contributed by atoms with E-state index >= 15 is 0 Å². The average molecular weight is 269 g/mol. The molecule has 4 heteroatoms. The van der Waals surface area contributed by atoms with Crippen LogP contribution in [0.15, 0.2) is 0 Å². The molecule has 0 saturated heterocycles. The maximum atomic E-state index is 0. The Bertz CT molecular complexity index is 8.00. The monoisotopic (exact) mass is 268 g/mol. The number of hydrogen-bond acceptors (Lipinski definition) is 0. The number of hydrogen-bond donors (Lipinski definition) is 0. The summed E-state index contributed by atoms with van der Waals surface area (Å²) in [6.07, 6.45) is 0. The van der Waals surface area contributed by atoms with Crippen LogP contribution in [0.25, 0.3) is 0 Å². The van der Waals surface area contributed by atoms with E-state index in [-0.39, 0.29) is 74.6 Å². The fourth-order valence-corrected chi connectivity index (χ4v) is 0. The van der Waals surface area contributed by atoms with Crippen LogP contribution >= 0.6 is 0 Å². The predicted molar refractivity (Wildman–Crippen MR) is 0.686 cm³/mol. The van der Waals surface area contributed by atoms with Crippen molar-refractivity contribution >= 4 is 0 Å². The summed E-state index contributed by atoms with van der Waals surface area (Å²) in [5.41, 5.74) is 0. The smallest absolute Gasteiger partial charge is 2.00 e. The van der Waals surface area contributed by atoms with Crippen LogP contribution in [-0.4, -0.2) is 0 Å². The zero-order chi connectivity index (χ0) is 0. The standard InChI is InChI=1S/La.Mn.Ni.O/q+3;2*+2;-2. The predicted octanol–water partition coefficient (Wildman–Crippen LogP) is -0.124. The van der Waals surface area contributed by atoms with E-state index < -0.39 is 0 Å². The summed E-state index contributed by atoms with van der Waals surface area (Å²) in [6.45, 7) is 0. The molecule has 0 aromatic heterocycles. The third-order valence-corrected chi connectivity index (χ3v) is 0. The normalized spacial score (nSPS) is 0. The van der Waals surface area contributed by atoms with Crippen molar-refractivity contribution < 1.29 is 74.6 Å². The van der Waals surface area contributed by atoms with E-state index in [9.17, 15) is 0 Å². The van der Waals surface area contributed by atoms with Crippen LogP contribution in [0.4, 0.5) is 0 Å². The van der Waals surface area contributed by atoms with Crippen molar-refractivity contribution in [1.82, 2.24) is 0 Å². The Labute approximate surface area is 73.6 Å². The Balaban J connectivity index is 0. The minimum absolute atomic E-state index is 0. The van der Waals surface area contributed by atoms with Crippen molar-refractivity contribution in [1.29, 1.82) is 0 Å². The molecule has 0 amide bonds. The van der Waals surface area contributed by atoms with Crippen molar-refractivity contribution in [3.05, 3.63) is 0 Å². The van der Waals surface area contributed by atoms with E-state index in [0.717, 1.165) is 0 Å². The maximum Gasteiger partial charge on any atom is 3.00 e. The molecule has 0 aromatic rings. The summed E-state index contributed by atoms with van der Waals surface area (Å²) in [5, 5.41) is 0. The number of rotatable bonds is 0. The molecule has 0 atom stereocenters. The van der Waals surface area contributed by atoms with Crippen molar-refractivity contribution in [2.24, 2.45) is 0 Å². The Morgan fingerprint density at radius 2 is 1.00 bits per heavy atom. The van der Waals surface area contributed by atoms with E-state index in [1.54, 1.807) is 0 Å². The van der Waals surface area contributed by atoms with Crippen molar-refractivity contribution in [3.63, 3.8) is 0 Å². The van der Waals surface area contributed by atoms with Gasteiger partial charge in [0.1, 0.15) is 0 Å². The molecule has 1 radical (unpaired) electrons. The minimum atomic E-state index is 0. The third-order valence-electron chi connectivity index (χ3n) is 0. The zero-order valence-corrected chi connectivity index (χ0v) is 7.47. The van der Waals surface area contributed by atoms with Crippen LogP contribution in [0.5, 0.6) is 0 Å². The van der Waals surface area contributed by atoms with Crippen molar-refractivity contribution in [2.75, 3.05) is 0 Å². The molecule has 21 valence electrons. The Morgan fingerprint density at radius 1 is 1.00 bits per heavy atom. The molecule has 0 N–H and O–H groups in total. The quantitative estimate of drug-likeness (QED) is 0.548. The molecule has 0 spiro atoms. The van der Waals surface area contributed by atoms with Gasteiger partial charge in [-0.05, 0) is 0 Å². The molecule has 0 aliphatic rings. The molecule has 0 saturated carbocycles. The summed E-state index contributed by atoms with van der Waals surface area (Å²) in [7, 11) is 0. The van der Waals surface area contributed by atoms with Gasteiger partial charge in [0.05, 0.1) is 0 Å². The van der Waals surface area contributed by atoms with Crippen LogP contribution in [0.3, 0.4) is 0 Å². The molecule has 0 aliphatic carbocycles. The van der Waals surface area contributed by atoms with E-state index in [2.05, 4.69) is 0 Å². The molecular weight excluding hydrogens is 269 g/mol. The van der Waals surface area contributed by atoms with Gasteiger partial charge in [0.2, 0.25) is 0 Å². The van der Waals surface area contributed by atoms with Crippen molar-refractivity contribution in [2.45, 2.75) is 0 Å². The van der Waals surface area contributed by atoms with Gasteiger partial charge in [-0.15, -0.1) is 0 Å². The van der Waals surface area contributed by atoms with E-state index in [1.165, 1.54) is 0 Å².